The largest absolute Gasteiger partial charge is 0.507 e. The van der Waals surface area contributed by atoms with E-state index in [4.69, 9.17) is 4.74 Å². The monoisotopic (exact) mass is 365 g/mol. The fourth-order valence-electron chi connectivity index (χ4n) is 3.41. The Kier molecular flexibility index (Phi) is 5.60. The summed E-state index contributed by atoms with van der Waals surface area (Å²) in [4.78, 5) is 27.1. The van der Waals surface area contributed by atoms with Gasteiger partial charge in [-0.1, -0.05) is 61.9 Å². The van der Waals surface area contributed by atoms with E-state index in [-0.39, 0.29) is 11.3 Å². The fourth-order valence-corrected chi connectivity index (χ4v) is 3.41. The molecule has 0 unspecified atom stereocenters. The van der Waals surface area contributed by atoms with Crippen LogP contribution in [0, 0.1) is 0 Å². The number of carbonyl (C=O) groups excluding carboxylic acids is 2. The Balaban J connectivity index is 2.20. The third-order valence-corrected chi connectivity index (χ3v) is 4.77. The highest BCUT2D eigenvalue weighted by Gasteiger charge is 2.46. The zero-order chi connectivity index (χ0) is 19.4. The molecule has 2 aromatic rings. The van der Waals surface area contributed by atoms with Gasteiger partial charge in [0.05, 0.1) is 18.7 Å². The SMILES string of the molecule is CCCCN1C(=O)C(=O)C(=C(O)c2ccccc2)[C@@H]1c1ccccc1OC. The zero-order valence-corrected chi connectivity index (χ0v) is 15.5. The predicted octanol–water partition coefficient (Wildman–Crippen LogP) is 3.92. The van der Waals surface area contributed by atoms with E-state index in [0.29, 0.717) is 23.4 Å². The van der Waals surface area contributed by atoms with Crippen molar-refractivity contribution in [2.75, 3.05) is 13.7 Å². The van der Waals surface area contributed by atoms with Gasteiger partial charge in [-0.25, -0.2) is 0 Å². The maximum absolute atomic E-state index is 12.8. The Bertz CT molecular complexity index is 873. The van der Waals surface area contributed by atoms with Crippen molar-refractivity contribution in [1.82, 2.24) is 4.90 Å². The molecule has 0 aromatic heterocycles. The average Bonchev–Trinajstić information content (AvgIpc) is 2.96. The standard InChI is InChI=1S/C22H23NO4/c1-3-4-14-23-19(16-12-8-9-13-17(16)27-2)18(21(25)22(23)26)20(24)15-10-6-5-7-11-15/h5-13,19,24H,3-4,14H2,1-2H3/t19-/m0/s1. The minimum Gasteiger partial charge on any atom is -0.507 e. The van der Waals surface area contributed by atoms with Crippen LogP contribution >= 0.6 is 0 Å². The summed E-state index contributed by atoms with van der Waals surface area (Å²) in [7, 11) is 1.55. The number of methoxy groups -OCH3 is 1. The lowest BCUT2D eigenvalue weighted by molar-refractivity contribution is -0.139. The van der Waals surface area contributed by atoms with Gasteiger partial charge in [0.25, 0.3) is 11.7 Å². The quantitative estimate of drug-likeness (QED) is 0.479. The van der Waals surface area contributed by atoms with Crippen LogP contribution < -0.4 is 4.74 Å². The lowest BCUT2D eigenvalue weighted by atomic mass is 9.94. The number of ether oxygens (including phenoxy) is 1. The Morgan fingerprint density at radius 2 is 1.74 bits per heavy atom. The van der Waals surface area contributed by atoms with E-state index in [1.807, 2.05) is 31.2 Å². The summed E-state index contributed by atoms with van der Waals surface area (Å²) in [5.41, 5.74) is 1.30. The Morgan fingerprint density at radius 3 is 2.41 bits per heavy atom. The molecule has 0 bridgehead atoms. The summed E-state index contributed by atoms with van der Waals surface area (Å²) in [6.07, 6.45) is 1.66. The second-order valence-electron chi connectivity index (χ2n) is 6.45. The molecule has 27 heavy (non-hydrogen) atoms. The van der Waals surface area contributed by atoms with Crippen LogP contribution in [0.15, 0.2) is 60.2 Å². The van der Waals surface area contributed by atoms with Gasteiger partial charge in [0.2, 0.25) is 0 Å². The summed E-state index contributed by atoms with van der Waals surface area (Å²) in [5.74, 6) is -0.839. The Hall–Kier alpha value is -3.08. The van der Waals surface area contributed by atoms with Crippen molar-refractivity contribution in [3.05, 3.63) is 71.3 Å². The first kappa shape index (κ1) is 18.7. The topological polar surface area (TPSA) is 66.8 Å². The highest BCUT2D eigenvalue weighted by molar-refractivity contribution is 6.46. The van der Waals surface area contributed by atoms with E-state index in [1.54, 1.807) is 37.4 Å². The number of hydrogen-bond donors (Lipinski definition) is 1. The molecule has 1 heterocycles. The molecular formula is C22H23NO4. The summed E-state index contributed by atoms with van der Waals surface area (Å²) in [5, 5.41) is 10.9. The highest BCUT2D eigenvalue weighted by atomic mass is 16.5. The number of rotatable bonds is 6. The number of hydrogen-bond acceptors (Lipinski definition) is 4. The van der Waals surface area contributed by atoms with Gasteiger partial charge in [0.15, 0.2) is 0 Å². The lowest BCUT2D eigenvalue weighted by Crippen LogP contribution is -2.30. The molecule has 1 fully saturated rings. The molecule has 0 saturated carbocycles. The van der Waals surface area contributed by atoms with Crippen LogP contribution in [0.5, 0.6) is 5.75 Å². The number of ketones is 1. The smallest absolute Gasteiger partial charge is 0.295 e. The normalized spacial score (nSPS) is 18.7. The number of Topliss-reactive ketones (excluding diaryl/α,β-unsaturated/α-hetero) is 1. The Morgan fingerprint density at radius 1 is 1.07 bits per heavy atom. The summed E-state index contributed by atoms with van der Waals surface area (Å²) in [6.45, 7) is 2.47. The molecule has 5 nitrogen and oxygen atoms in total. The van der Waals surface area contributed by atoms with Gasteiger partial charge in [-0.3, -0.25) is 9.59 Å². The van der Waals surface area contributed by atoms with Crippen LogP contribution in [-0.2, 0) is 9.59 Å². The number of aliphatic hydroxyl groups is 1. The minimum absolute atomic E-state index is 0.104. The number of amides is 1. The molecule has 1 atom stereocenters. The first-order valence-corrected chi connectivity index (χ1v) is 9.06. The van der Waals surface area contributed by atoms with Crippen molar-refractivity contribution >= 4 is 17.4 Å². The molecule has 1 N–H and O–H groups in total. The van der Waals surface area contributed by atoms with Crippen LogP contribution in [-0.4, -0.2) is 35.4 Å². The summed E-state index contributed by atoms with van der Waals surface area (Å²) >= 11 is 0. The number of para-hydroxylation sites is 1. The van der Waals surface area contributed by atoms with E-state index in [0.717, 1.165) is 12.8 Å². The number of unbranched alkanes of at least 4 members (excludes halogenated alkanes) is 1. The molecule has 140 valence electrons. The van der Waals surface area contributed by atoms with Gasteiger partial charge in [-0.15, -0.1) is 0 Å². The molecule has 0 radical (unpaired) electrons. The molecule has 0 aliphatic carbocycles. The van der Waals surface area contributed by atoms with Crippen molar-refractivity contribution in [3.63, 3.8) is 0 Å². The molecule has 3 rings (SSSR count). The third kappa shape index (κ3) is 3.45. The number of nitrogens with zero attached hydrogens (tertiary/aromatic N) is 1. The predicted molar refractivity (Wildman–Crippen MR) is 103 cm³/mol. The van der Waals surface area contributed by atoms with Gasteiger partial charge < -0.3 is 14.7 Å². The fraction of sp³-hybridized carbons (Fsp3) is 0.273. The van der Waals surface area contributed by atoms with Crippen molar-refractivity contribution in [2.45, 2.75) is 25.8 Å². The van der Waals surface area contributed by atoms with Crippen LogP contribution in [0.1, 0.15) is 36.9 Å². The van der Waals surface area contributed by atoms with Crippen molar-refractivity contribution < 1.29 is 19.4 Å². The highest BCUT2D eigenvalue weighted by Crippen LogP contribution is 2.42. The average molecular weight is 365 g/mol. The first-order valence-electron chi connectivity index (χ1n) is 9.06. The summed E-state index contributed by atoms with van der Waals surface area (Å²) < 4.78 is 5.46. The maximum atomic E-state index is 12.8. The van der Waals surface area contributed by atoms with E-state index in [9.17, 15) is 14.7 Å². The molecule has 1 aliphatic heterocycles. The molecule has 1 saturated heterocycles. The molecule has 5 heteroatoms. The van der Waals surface area contributed by atoms with Crippen molar-refractivity contribution in [1.29, 1.82) is 0 Å². The van der Waals surface area contributed by atoms with Gasteiger partial charge in [-0.2, -0.15) is 0 Å². The number of likely N-dealkylation sites (tertiary alicyclic amines) is 1. The van der Waals surface area contributed by atoms with Crippen LogP contribution in [0.2, 0.25) is 0 Å². The number of carbonyl (C=O) groups is 2. The minimum atomic E-state index is -0.673. The van der Waals surface area contributed by atoms with Crippen molar-refractivity contribution in [2.24, 2.45) is 0 Å². The van der Waals surface area contributed by atoms with Gasteiger partial charge in [0.1, 0.15) is 11.5 Å². The van der Waals surface area contributed by atoms with E-state index in [1.165, 1.54) is 4.90 Å². The maximum Gasteiger partial charge on any atom is 0.295 e. The van der Waals surface area contributed by atoms with E-state index in [2.05, 4.69) is 0 Å². The van der Waals surface area contributed by atoms with Crippen LogP contribution in [0.4, 0.5) is 0 Å². The first-order chi connectivity index (χ1) is 13.1. The van der Waals surface area contributed by atoms with Crippen molar-refractivity contribution in [3.8, 4) is 5.75 Å². The van der Waals surface area contributed by atoms with E-state index >= 15 is 0 Å². The van der Waals surface area contributed by atoms with Gasteiger partial charge in [-0.05, 0) is 12.5 Å². The molecule has 0 spiro atoms. The number of aliphatic hydroxyl groups excluding tert-OH is 1. The molecule has 1 amide bonds. The zero-order valence-electron chi connectivity index (χ0n) is 15.5. The number of benzene rings is 2. The second-order valence-corrected chi connectivity index (χ2v) is 6.45. The lowest BCUT2D eigenvalue weighted by Gasteiger charge is -2.26. The van der Waals surface area contributed by atoms with Gasteiger partial charge in [0, 0.05) is 17.7 Å². The molecule has 1 aliphatic rings. The van der Waals surface area contributed by atoms with E-state index < -0.39 is 17.7 Å². The summed E-state index contributed by atoms with van der Waals surface area (Å²) in [6, 6.07) is 15.4. The third-order valence-electron chi connectivity index (χ3n) is 4.77. The Labute approximate surface area is 158 Å². The second kappa shape index (κ2) is 8.08. The molecule has 2 aromatic carbocycles. The van der Waals surface area contributed by atoms with Crippen LogP contribution in [0.25, 0.3) is 5.76 Å². The van der Waals surface area contributed by atoms with Gasteiger partial charge >= 0.3 is 0 Å². The molecular weight excluding hydrogens is 342 g/mol. The van der Waals surface area contributed by atoms with Crippen LogP contribution in [0.3, 0.4) is 0 Å².